The van der Waals surface area contributed by atoms with E-state index in [1.807, 2.05) is 30.3 Å². The highest BCUT2D eigenvalue weighted by Crippen LogP contribution is 2.33. The monoisotopic (exact) mass is 357 g/mol. The van der Waals surface area contributed by atoms with Crippen molar-refractivity contribution in [1.29, 1.82) is 0 Å². The van der Waals surface area contributed by atoms with E-state index in [1.165, 1.54) is 6.20 Å². The molecule has 0 bridgehead atoms. The zero-order valence-corrected chi connectivity index (χ0v) is 13.9. The molecule has 1 aromatic carbocycles. The van der Waals surface area contributed by atoms with Crippen LogP contribution in [0.3, 0.4) is 0 Å². The van der Waals surface area contributed by atoms with Crippen LogP contribution in [0, 0.1) is 0 Å². The molecule has 134 valence electrons. The van der Waals surface area contributed by atoms with Crippen LogP contribution in [0.1, 0.15) is 33.7 Å². The lowest BCUT2D eigenvalue weighted by molar-refractivity contribution is -0.0125. The number of alkyl halides is 2. The Morgan fingerprint density at radius 2 is 2.12 bits per heavy atom. The van der Waals surface area contributed by atoms with Gasteiger partial charge in [0.05, 0.1) is 18.4 Å². The number of aryl methyl sites for hydroxylation is 1. The molecule has 0 spiro atoms. The van der Waals surface area contributed by atoms with Gasteiger partial charge >= 0.3 is 0 Å². The fourth-order valence-electron chi connectivity index (χ4n) is 3.12. The molecule has 8 heteroatoms. The number of carbonyl (C=O) groups is 1. The third-order valence-corrected chi connectivity index (χ3v) is 4.42. The van der Waals surface area contributed by atoms with Crippen LogP contribution >= 0.6 is 0 Å². The maximum absolute atomic E-state index is 13.7. The van der Waals surface area contributed by atoms with Crippen molar-refractivity contribution < 1.29 is 13.6 Å². The van der Waals surface area contributed by atoms with Gasteiger partial charge in [0, 0.05) is 30.3 Å². The summed E-state index contributed by atoms with van der Waals surface area (Å²) >= 11 is 0. The first kappa shape index (κ1) is 16.4. The van der Waals surface area contributed by atoms with Gasteiger partial charge in [0.25, 0.3) is 11.8 Å². The Kier molecular flexibility index (Phi) is 4.02. The smallest absolute Gasteiger partial charge is 0.276 e. The molecule has 0 aliphatic heterocycles. The minimum atomic E-state index is -2.80. The van der Waals surface area contributed by atoms with Crippen molar-refractivity contribution in [2.24, 2.45) is 0 Å². The average Bonchev–Trinajstić information content (AvgIpc) is 3.21. The van der Waals surface area contributed by atoms with Crippen LogP contribution in [-0.2, 0) is 19.4 Å². The number of hydrogen-bond donors (Lipinski definition) is 2. The van der Waals surface area contributed by atoms with E-state index in [4.69, 9.17) is 0 Å². The topological polar surface area (TPSA) is 75.6 Å². The first-order valence-electron chi connectivity index (χ1n) is 8.32. The van der Waals surface area contributed by atoms with Gasteiger partial charge in [-0.05, 0) is 12.0 Å². The summed E-state index contributed by atoms with van der Waals surface area (Å²) in [5.41, 5.74) is 2.51. The second-order valence-electron chi connectivity index (χ2n) is 6.43. The molecule has 0 unspecified atom stereocenters. The summed E-state index contributed by atoms with van der Waals surface area (Å²) in [6.07, 6.45) is 2.72. The highest BCUT2D eigenvalue weighted by Gasteiger charge is 2.37. The molecule has 6 nitrogen and oxygen atoms in total. The van der Waals surface area contributed by atoms with E-state index in [2.05, 4.69) is 20.6 Å². The van der Waals surface area contributed by atoms with Crippen LogP contribution in [0.2, 0.25) is 0 Å². The van der Waals surface area contributed by atoms with Gasteiger partial charge in [-0.25, -0.2) is 8.78 Å². The Morgan fingerprint density at radius 3 is 2.92 bits per heavy atom. The summed E-state index contributed by atoms with van der Waals surface area (Å²) in [5.74, 6) is -3.31. The molecular formula is C18H17F2N5O. The largest absolute Gasteiger partial charge is 0.318 e. The van der Waals surface area contributed by atoms with Gasteiger partial charge in [0.15, 0.2) is 5.69 Å². The summed E-state index contributed by atoms with van der Waals surface area (Å²) in [5, 5.41) is 13.5. The van der Waals surface area contributed by atoms with Crippen molar-refractivity contribution in [3.63, 3.8) is 0 Å². The number of aromatic nitrogens is 4. The van der Waals surface area contributed by atoms with Gasteiger partial charge in [0.2, 0.25) is 0 Å². The fraction of sp³-hybridized carbons (Fsp3) is 0.278. The Hall–Kier alpha value is -3.03. The number of halogens is 2. The number of aromatic amines is 1. The highest BCUT2D eigenvalue weighted by atomic mass is 19.3. The third kappa shape index (κ3) is 3.35. The third-order valence-electron chi connectivity index (χ3n) is 4.42. The molecule has 0 saturated heterocycles. The fourth-order valence-corrected chi connectivity index (χ4v) is 3.12. The molecule has 0 fully saturated rings. The van der Waals surface area contributed by atoms with Gasteiger partial charge in [-0.15, -0.1) is 0 Å². The minimum Gasteiger partial charge on any atom is -0.318 e. The highest BCUT2D eigenvalue weighted by molar-refractivity contribution is 6.03. The molecule has 0 saturated carbocycles. The lowest BCUT2D eigenvalue weighted by Gasteiger charge is -2.21. The van der Waals surface area contributed by atoms with E-state index in [1.54, 1.807) is 10.9 Å². The van der Waals surface area contributed by atoms with E-state index < -0.39 is 18.3 Å². The lowest BCUT2D eigenvalue weighted by Crippen LogP contribution is -2.27. The molecule has 2 N–H and O–H groups in total. The summed E-state index contributed by atoms with van der Waals surface area (Å²) in [6, 6.07) is 9.79. The number of benzene rings is 1. The van der Waals surface area contributed by atoms with Crippen molar-refractivity contribution in [2.75, 3.05) is 5.32 Å². The molecule has 4 rings (SSSR count). The maximum atomic E-state index is 13.7. The molecule has 26 heavy (non-hydrogen) atoms. The van der Waals surface area contributed by atoms with Crippen LogP contribution in [-0.4, -0.2) is 31.8 Å². The van der Waals surface area contributed by atoms with Crippen molar-refractivity contribution >= 4 is 11.6 Å². The number of hydrogen-bond acceptors (Lipinski definition) is 3. The van der Waals surface area contributed by atoms with Crippen LogP contribution in [0.15, 0.2) is 42.7 Å². The van der Waals surface area contributed by atoms with Gasteiger partial charge in [0.1, 0.15) is 0 Å². The SMILES string of the molecule is O=C(Nc1cnn(Cc2ccccc2)c1)c1n[nH]c2c1CC(F)(F)CC2. The molecule has 1 amide bonds. The van der Waals surface area contributed by atoms with Crippen LogP contribution in [0.4, 0.5) is 14.5 Å². The molecule has 2 heterocycles. The minimum absolute atomic E-state index is 0.0233. The standard InChI is InChI=1S/C18H17F2N5O/c19-18(20)7-6-15-14(8-18)16(24-23-15)17(26)22-13-9-21-25(11-13)10-12-4-2-1-3-5-12/h1-5,9,11H,6-8,10H2,(H,22,26)(H,23,24). The zero-order chi connectivity index (χ0) is 18.1. The van der Waals surface area contributed by atoms with Crippen molar-refractivity contribution in [3.8, 4) is 0 Å². The van der Waals surface area contributed by atoms with Gasteiger partial charge in [-0.1, -0.05) is 30.3 Å². The Balaban J connectivity index is 1.47. The molecule has 2 aromatic heterocycles. The normalized spacial score (nSPS) is 15.5. The summed E-state index contributed by atoms with van der Waals surface area (Å²) in [7, 11) is 0. The molecule has 1 aliphatic rings. The molecular weight excluding hydrogens is 340 g/mol. The average molecular weight is 357 g/mol. The second-order valence-corrected chi connectivity index (χ2v) is 6.43. The molecule has 1 aliphatic carbocycles. The first-order valence-corrected chi connectivity index (χ1v) is 8.32. The molecule has 3 aromatic rings. The predicted octanol–water partition coefficient (Wildman–Crippen LogP) is 3.03. The van der Waals surface area contributed by atoms with Crippen molar-refractivity contribution in [1.82, 2.24) is 20.0 Å². The van der Waals surface area contributed by atoms with Crippen molar-refractivity contribution in [3.05, 3.63) is 65.2 Å². The molecule has 0 radical (unpaired) electrons. The summed E-state index contributed by atoms with van der Waals surface area (Å²) < 4.78 is 29.0. The van der Waals surface area contributed by atoms with E-state index >= 15 is 0 Å². The van der Waals surface area contributed by atoms with Gasteiger partial charge < -0.3 is 5.32 Å². The number of nitrogens with one attached hydrogen (secondary N) is 2. The van der Waals surface area contributed by atoms with E-state index in [0.29, 0.717) is 23.5 Å². The van der Waals surface area contributed by atoms with Gasteiger partial charge in [-0.3, -0.25) is 14.6 Å². The van der Waals surface area contributed by atoms with E-state index in [9.17, 15) is 13.6 Å². The Labute approximate surface area is 148 Å². The Bertz CT molecular complexity index is 932. The first-order chi connectivity index (χ1) is 12.5. The Morgan fingerprint density at radius 1 is 1.31 bits per heavy atom. The number of nitrogens with zero attached hydrogens (tertiary/aromatic N) is 3. The molecule has 0 atom stereocenters. The van der Waals surface area contributed by atoms with Crippen LogP contribution in [0.5, 0.6) is 0 Å². The van der Waals surface area contributed by atoms with Crippen LogP contribution < -0.4 is 5.32 Å². The van der Waals surface area contributed by atoms with E-state index in [-0.39, 0.29) is 18.5 Å². The number of H-pyrrole nitrogens is 1. The summed E-state index contributed by atoms with van der Waals surface area (Å²) in [6.45, 7) is 0.570. The lowest BCUT2D eigenvalue weighted by atomic mass is 9.92. The zero-order valence-electron chi connectivity index (χ0n) is 13.9. The number of carbonyl (C=O) groups excluding carboxylic acids is 1. The quantitative estimate of drug-likeness (QED) is 0.754. The summed E-state index contributed by atoms with van der Waals surface area (Å²) in [4.78, 5) is 12.5. The van der Waals surface area contributed by atoms with E-state index in [0.717, 1.165) is 5.56 Å². The van der Waals surface area contributed by atoms with Crippen LogP contribution in [0.25, 0.3) is 0 Å². The van der Waals surface area contributed by atoms with Crippen molar-refractivity contribution in [2.45, 2.75) is 31.7 Å². The second kappa shape index (κ2) is 6.36. The van der Waals surface area contributed by atoms with Gasteiger partial charge in [-0.2, -0.15) is 10.2 Å². The number of anilines is 1. The number of rotatable bonds is 4. The maximum Gasteiger partial charge on any atom is 0.276 e. The number of fused-ring (bicyclic) bond motifs is 1. The number of amides is 1. The predicted molar refractivity (Wildman–Crippen MR) is 91.3 cm³/mol.